The van der Waals surface area contributed by atoms with Crippen molar-refractivity contribution in [3.05, 3.63) is 86.6 Å². The number of amidine groups is 1. The molecule has 40 heavy (non-hydrogen) atoms. The average Bonchev–Trinajstić information content (AvgIpc) is 3.41. The Bertz CT molecular complexity index is 1700. The van der Waals surface area contributed by atoms with E-state index in [-0.39, 0.29) is 46.9 Å². The number of benzene rings is 2. The number of hydrogen-bond donors (Lipinski definition) is 5. The highest BCUT2D eigenvalue weighted by molar-refractivity contribution is 8.24. The third-order valence-corrected chi connectivity index (χ3v) is 9.17. The summed E-state index contributed by atoms with van der Waals surface area (Å²) < 4.78 is 60.7. The Labute approximate surface area is 234 Å². The van der Waals surface area contributed by atoms with E-state index < -0.39 is 35.4 Å². The van der Waals surface area contributed by atoms with E-state index in [1.807, 2.05) is 0 Å². The fraction of sp³-hybridized carbons (Fsp3) is 0.160. The molecule has 0 fully saturated rings. The van der Waals surface area contributed by atoms with Gasteiger partial charge in [0.1, 0.15) is 17.1 Å². The van der Waals surface area contributed by atoms with Gasteiger partial charge >= 0.3 is 7.52 Å². The molecule has 0 radical (unpaired) electrons. The Morgan fingerprint density at radius 1 is 1.20 bits per heavy atom. The molecule has 210 valence electrons. The quantitative estimate of drug-likeness (QED) is 0.168. The molecule has 11 nitrogen and oxygen atoms in total. The Hall–Kier alpha value is -3.52. The molecule has 1 unspecified atom stereocenters. The van der Waals surface area contributed by atoms with Crippen LogP contribution in [0.5, 0.6) is 5.75 Å². The van der Waals surface area contributed by atoms with Gasteiger partial charge in [-0.25, -0.2) is 9.07 Å². The van der Waals surface area contributed by atoms with Crippen molar-refractivity contribution in [2.45, 2.75) is 13.5 Å². The van der Waals surface area contributed by atoms with E-state index in [1.54, 1.807) is 23.8 Å². The lowest BCUT2D eigenvalue weighted by Crippen LogP contribution is -2.35. The molecule has 2 aromatic heterocycles. The first-order chi connectivity index (χ1) is 19.0. The maximum Gasteiger partial charge on any atom is 0.348 e. The van der Waals surface area contributed by atoms with Crippen molar-refractivity contribution >= 4 is 52.1 Å². The SMILES string of the molecule is CCOP1(=O)N=C(c2c(O)c(-c3ccsc3)nn(Cc3ccc(F)cc3)c2=O)Nc2ccc(NS(C)(O)O)cc21. The van der Waals surface area contributed by atoms with Gasteiger partial charge in [-0.1, -0.05) is 12.1 Å². The van der Waals surface area contributed by atoms with Crippen LogP contribution in [-0.4, -0.2) is 42.7 Å². The van der Waals surface area contributed by atoms with Crippen LogP contribution in [0.25, 0.3) is 11.3 Å². The molecule has 0 saturated heterocycles. The van der Waals surface area contributed by atoms with E-state index in [4.69, 9.17) is 4.52 Å². The predicted octanol–water partition coefficient (Wildman–Crippen LogP) is 5.30. The maximum atomic E-state index is 14.1. The molecule has 5 N–H and O–H groups in total. The summed E-state index contributed by atoms with van der Waals surface area (Å²) in [5, 5.41) is 22.3. The first kappa shape index (κ1) is 28.0. The van der Waals surface area contributed by atoms with Crippen molar-refractivity contribution in [1.29, 1.82) is 0 Å². The zero-order valence-electron chi connectivity index (χ0n) is 21.2. The highest BCUT2D eigenvalue weighted by atomic mass is 32.3. The first-order valence-corrected chi connectivity index (χ1v) is 16.3. The van der Waals surface area contributed by atoms with Gasteiger partial charge in [-0.2, -0.15) is 21.2 Å². The minimum absolute atomic E-state index is 0.0192. The average molecular weight is 606 g/mol. The molecule has 5 rings (SSSR count). The molecule has 1 aliphatic heterocycles. The summed E-state index contributed by atoms with van der Waals surface area (Å²) in [5.74, 6) is -1.07. The number of aromatic nitrogens is 2. The summed E-state index contributed by atoms with van der Waals surface area (Å²) in [6.07, 6.45) is 1.21. The highest BCUT2D eigenvalue weighted by Crippen LogP contribution is 2.53. The van der Waals surface area contributed by atoms with E-state index >= 15 is 0 Å². The van der Waals surface area contributed by atoms with Crippen LogP contribution in [0.4, 0.5) is 15.8 Å². The second kappa shape index (κ2) is 10.8. The number of thiophene rings is 1. The lowest BCUT2D eigenvalue weighted by atomic mass is 10.1. The fourth-order valence-electron chi connectivity index (χ4n) is 4.12. The Kier molecular flexibility index (Phi) is 7.57. The molecule has 0 saturated carbocycles. The summed E-state index contributed by atoms with van der Waals surface area (Å²) in [7, 11) is -7.13. The van der Waals surface area contributed by atoms with E-state index in [2.05, 4.69) is 19.9 Å². The van der Waals surface area contributed by atoms with Gasteiger partial charge in [0.05, 0.1) is 29.8 Å². The molecule has 0 spiro atoms. The van der Waals surface area contributed by atoms with Crippen molar-refractivity contribution in [3.8, 4) is 17.0 Å². The number of aromatic hydroxyl groups is 1. The van der Waals surface area contributed by atoms with Gasteiger partial charge in [0.2, 0.25) is 0 Å². The summed E-state index contributed by atoms with van der Waals surface area (Å²) in [6.45, 7) is 1.62. The van der Waals surface area contributed by atoms with E-state index in [0.29, 0.717) is 11.1 Å². The van der Waals surface area contributed by atoms with Crippen LogP contribution in [0.1, 0.15) is 18.1 Å². The third-order valence-electron chi connectivity index (χ3n) is 5.81. The monoisotopic (exact) mass is 605 g/mol. The normalized spacial score (nSPS) is 17.1. The van der Waals surface area contributed by atoms with Crippen molar-refractivity contribution in [1.82, 2.24) is 9.78 Å². The third kappa shape index (κ3) is 5.68. The van der Waals surface area contributed by atoms with Crippen molar-refractivity contribution in [3.63, 3.8) is 0 Å². The standard InChI is InChI=1S/C25H25FN5O6PS2/c1-3-37-38(34)20-12-18(30-40(2,35)36)8-9-19(20)27-24(29-38)21-23(32)22(16-10-11-39-14-16)28-31(25(21)33)13-15-4-6-17(26)7-5-15/h4-12,14,30,32,35-36H,3,13H2,1-2H3,(H,27,29,34). The van der Waals surface area contributed by atoms with Gasteiger partial charge in [-0.15, -0.1) is 10.8 Å². The summed E-state index contributed by atoms with van der Waals surface area (Å²) >= 11 is 1.37. The molecule has 1 aliphatic rings. The number of rotatable bonds is 8. The lowest BCUT2D eigenvalue weighted by molar-refractivity contribution is 0.341. The molecule has 0 amide bonds. The van der Waals surface area contributed by atoms with Crippen LogP contribution in [0.3, 0.4) is 0 Å². The number of nitrogens with one attached hydrogen (secondary N) is 2. The molecule has 1 atom stereocenters. The van der Waals surface area contributed by atoms with Gasteiger partial charge in [-0.05, 0) is 54.3 Å². The number of halogens is 1. The number of nitrogens with zero attached hydrogens (tertiary/aromatic N) is 3. The van der Waals surface area contributed by atoms with E-state index in [0.717, 1.165) is 4.68 Å². The molecule has 3 heterocycles. The Morgan fingerprint density at radius 3 is 2.60 bits per heavy atom. The zero-order valence-corrected chi connectivity index (χ0v) is 23.8. The van der Waals surface area contributed by atoms with Crippen LogP contribution >= 0.6 is 29.6 Å². The van der Waals surface area contributed by atoms with Gasteiger partial charge in [-0.3, -0.25) is 23.2 Å². The molecule has 0 aliphatic carbocycles. The van der Waals surface area contributed by atoms with Crippen LogP contribution in [0.2, 0.25) is 0 Å². The molecule has 15 heteroatoms. The van der Waals surface area contributed by atoms with Crippen molar-refractivity contribution < 1.29 is 27.7 Å². The minimum atomic E-state index is -4.01. The summed E-state index contributed by atoms with van der Waals surface area (Å²) in [4.78, 5) is 13.7. The van der Waals surface area contributed by atoms with Crippen LogP contribution in [-0.2, 0) is 15.6 Å². The molecule has 0 bridgehead atoms. The summed E-state index contributed by atoms with van der Waals surface area (Å²) in [6, 6.07) is 11.8. The van der Waals surface area contributed by atoms with Crippen molar-refractivity contribution in [2.75, 3.05) is 22.9 Å². The topological polar surface area (TPSA) is 158 Å². The van der Waals surface area contributed by atoms with Crippen LogP contribution in [0, 0.1) is 5.82 Å². The first-order valence-electron chi connectivity index (χ1n) is 11.9. The van der Waals surface area contributed by atoms with Gasteiger partial charge in [0, 0.05) is 17.2 Å². The second-order valence-electron chi connectivity index (χ2n) is 8.85. The zero-order chi connectivity index (χ0) is 28.7. The molecular weight excluding hydrogens is 580 g/mol. The predicted molar refractivity (Wildman–Crippen MR) is 157 cm³/mol. The maximum absolute atomic E-state index is 14.1. The van der Waals surface area contributed by atoms with Gasteiger partial charge < -0.3 is 14.9 Å². The molecule has 4 aromatic rings. The molecular formula is C25H25FN5O6PS2. The number of anilines is 2. The van der Waals surface area contributed by atoms with E-state index in [9.17, 15) is 28.0 Å². The van der Waals surface area contributed by atoms with Crippen molar-refractivity contribution in [2.24, 2.45) is 4.76 Å². The number of fused-ring (bicyclic) bond motifs is 1. The van der Waals surface area contributed by atoms with E-state index in [1.165, 1.54) is 60.1 Å². The van der Waals surface area contributed by atoms with Gasteiger partial charge in [0.15, 0.2) is 11.6 Å². The van der Waals surface area contributed by atoms with Crippen LogP contribution < -0.4 is 20.9 Å². The second-order valence-corrected chi connectivity index (χ2v) is 13.5. The summed E-state index contributed by atoms with van der Waals surface area (Å²) in [5.41, 5.74) is 0.815. The largest absolute Gasteiger partial charge is 0.505 e. The number of hydrogen-bond acceptors (Lipinski definition) is 10. The Morgan fingerprint density at radius 2 is 1.95 bits per heavy atom. The Balaban J connectivity index is 1.67. The lowest BCUT2D eigenvalue weighted by Gasteiger charge is -2.30. The van der Waals surface area contributed by atoms with Gasteiger partial charge in [0.25, 0.3) is 5.56 Å². The molecule has 2 aromatic carbocycles. The smallest absolute Gasteiger partial charge is 0.348 e. The highest BCUT2D eigenvalue weighted by Gasteiger charge is 2.36. The minimum Gasteiger partial charge on any atom is -0.505 e. The fourth-order valence-corrected chi connectivity index (χ4v) is 7.14. The van der Waals surface area contributed by atoms with Crippen LogP contribution in [0.15, 0.2) is 68.8 Å².